The molecule has 1 N–H and O–H groups in total. The molecule has 0 bridgehead atoms. The van der Waals surface area contributed by atoms with E-state index < -0.39 is 11.5 Å². The van der Waals surface area contributed by atoms with Crippen molar-refractivity contribution in [3.05, 3.63) is 35.4 Å². The second-order valence-electron chi connectivity index (χ2n) is 4.11. The summed E-state index contributed by atoms with van der Waals surface area (Å²) in [5.74, 6) is -1.22. The van der Waals surface area contributed by atoms with Crippen molar-refractivity contribution in [2.24, 2.45) is 5.92 Å². The van der Waals surface area contributed by atoms with Crippen LogP contribution in [0.1, 0.15) is 34.6 Å². The van der Waals surface area contributed by atoms with E-state index in [1.54, 1.807) is 31.2 Å². The summed E-state index contributed by atoms with van der Waals surface area (Å²) < 4.78 is 0. The van der Waals surface area contributed by atoms with Gasteiger partial charge in [0.2, 0.25) is 0 Å². The first kappa shape index (κ1) is 10.1. The Morgan fingerprint density at radius 2 is 1.73 bits per heavy atom. The number of Topliss-reactive ketones (excluding diaryl/α,β-unsaturated/α-hetero) is 2. The maximum Gasteiger partial charge on any atom is 0.195 e. The molecule has 1 aromatic carbocycles. The van der Waals surface area contributed by atoms with Crippen LogP contribution in [0.5, 0.6) is 0 Å². The Bertz CT molecular complexity index is 446. The molecule has 1 aliphatic rings. The number of rotatable bonds is 0. The van der Waals surface area contributed by atoms with Gasteiger partial charge >= 0.3 is 0 Å². The number of fused-ring (bicyclic) bond motifs is 1. The predicted molar refractivity (Wildman–Crippen MR) is 54.9 cm³/mol. The first-order chi connectivity index (χ1) is 6.96. The van der Waals surface area contributed by atoms with Crippen molar-refractivity contribution in [3.8, 4) is 0 Å². The molecule has 1 aromatic rings. The van der Waals surface area contributed by atoms with Gasteiger partial charge in [-0.25, -0.2) is 0 Å². The largest absolute Gasteiger partial charge is 0.381 e. The smallest absolute Gasteiger partial charge is 0.195 e. The number of aliphatic hydroxyl groups is 1. The quantitative estimate of drug-likeness (QED) is 0.696. The maximum atomic E-state index is 11.9. The zero-order valence-electron chi connectivity index (χ0n) is 8.65. The van der Waals surface area contributed by atoms with E-state index in [-0.39, 0.29) is 11.6 Å². The van der Waals surface area contributed by atoms with E-state index in [1.807, 2.05) is 0 Å². The summed E-state index contributed by atoms with van der Waals surface area (Å²) in [6.45, 7) is 2.98. The molecule has 0 fully saturated rings. The van der Waals surface area contributed by atoms with Crippen LogP contribution in [0.2, 0.25) is 0 Å². The average Bonchev–Trinajstić information content (AvgIpc) is 2.24. The molecule has 15 heavy (non-hydrogen) atoms. The van der Waals surface area contributed by atoms with Gasteiger partial charge in [-0.15, -0.1) is 0 Å². The summed E-state index contributed by atoms with van der Waals surface area (Å²) >= 11 is 0. The van der Waals surface area contributed by atoms with Crippen molar-refractivity contribution < 1.29 is 14.7 Å². The van der Waals surface area contributed by atoms with Crippen LogP contribution >= 0.6 is 0 Å². The van der Waals surface area contributed by atoms with Gasteiger partial charge in [0.05, 0.1) is 5.92 Å². The highest BCUT2D eigenvalue weighted by Gasteiger charge is 2.46. The fourth-order valence-electron chi connectivity index (χ4n) is 1.85. The highest BCUT2D eigenvalue weighted by Crippen LogP contribution is 2.32. The minimum atomic E-state index is -1.58. The van der Waals surface area contributed by atoms with Crippen LogP contribution in [0.4, 0.5) is 0 Å². The fourth-order valence-corrected chi connectivity index (χ4v) is 1.85. The lowest BCUT2D eigenvalue weighted by Crippen LogP contribution is -2.49. The predicted octanol–water partition coefficient (Wildman–Crippen LogP) is 1.45. The molecule has 3 nitrogen and oxygen atoms in total. The van der Waals surface area contributed by atoms with E-state index in [9.17, 15) is 14.7 Å². The van der Waals surface area contributed by atoms with Crippen molar-refractivity contribution in [3.63, 3.8) is 0 Å². The van der Waals surface area contributed by atoms with Gasteiger partial charge in [-0.05, 0) is 6.92 Å². The van der Waals surface area contributed by atoms with E-state index in [0.29, 0.717) is 11.1 Å². The number of hydrogen-bond acceptors (Lipinski definition) is 3. The summed E-state index contributed by atoms with van der Waals surface area (Å²) in [7, 11) is 0. The third kappa shape index (κ3) is 1.23. The fraction of sp³-hybridized carbons (Fsp3) is 0.333. The van der Waals surface area contributed by atoms with Crippen LogP contribution in [0.25, 0.3) is 0 Å². The van der Waals surface area contributed by atoms with Crippen molar-refractivity contribution >= 4 is 11.6 Å². The minimum absolute atomic E-state index is 0.171. The first-order valence-electron chi connectivity index (χ1n) is 4.86. The summed E-state index contributed by atoms with van der Waals surface area (Å²) in [5.41, 5.74) is -0.835. The highest BCUT2D eigenvalue weighted by atomic mass is 16.3. The van der Waals surface area contributed by atoms with Crippen molar-refractivity contribution in [1.29, 1.82) is 0 Å². The van der Waals surface area contributed by atoms with E-state index in [4.69, 9.17) is 0 Å². The first-order valence-corrected chi connectivity index (χ1v) is 4.86. The number of carbonyl (C=O) groups is 2. The summed E-state index contributed by atoms with van der Waals surface area (Å²) in [4.78, 5) is 23.8. The number of benzene rings is 1. The molecular formula is C12H12O3. The zero-order chi connectivity index (χ0) is 11.2. The highest BCUT2D eigenvalue weighted by molar-refractivity contribution is 6.18. The van der Waals surface area contributed by atoms with E-state index in [0.717, 1.165) is 0 Å². The summed E-state index contributed by atoms with van der Waals surface area (Å²) in [5, 5.41) is 9.96. The van der Waals surface area contributed by atoms with Crippen LogP contribution in [0, 0.1) is 5.92 Å². The third-order valence-electron chi connectivity index (χ3n) is 3.13. The standard InChI is InChI=1S/C12H12O3/c1-7-10(13)8-5-3-4-6-9(8)11(14)12(7,2)15/h3-7,15H,1-2H3/t7-,12+/m1/s1. The average molecular weight is 204 g/mol. The van der Waals surface area contributed by atoms with Crippen LogP contribution in [-0.4, -0.2) is 22.3 Å². The Hall–Kier alpha value is -1.48. The van der Waals surface area contributed by atoms with Gasteiger partial charge in [0.1, 0.15) is 5.60 Å². The van der Waals surface area contributed by atoms with Gasteiger partial charge in [0, 0.05) is 11.1 Å². The molecule has 0 aliphatic heterocycles. The molecule has 0 heterocycles. The van der Waals surface area contributed by atoms with Crippen LogP contribution in [-0.2, 0) is 0 Å². The SMILES string of the molecule is C[C@@H]1C(=O)c2ccccc2C(=O)[C@@]1(C)O. The summed E-state index contributed by atoms with van der Waals surface area (Å²) in [6.07, 6.45) is 0. The normalized spacial score (nSPS) is 30.2. The molecule has 0 amide bonds. The lowest BCUT2D eigenvalue weighted by atomic mass is 9.73. The second kappa shape index (κ2) is 3.00. The van der Waals surface area contributed by atoms with Gasteiger partial charge in [-0.3, -0.25) is 9.59 Å². The van der Waals surface area contributed by atoms with Gasteiger partial charge < -0.3 is 5.11 Å². The maximum absolute atomic E-state index is 11.9. The van der Waals surface area contributed by atoms with Crippen molar-refractivity contribution in [2.45, 2.75) is 19.4 Å². The monoisotopic (exact) mass is 204 g/mol. The number of hydrogen-bond donors (Lipinski definition) is 1. The Kier molecular flexibility index (Phi) is 2.01. The van der Waals surface area contributed by atoms with Crippen LogP contribution in [0.15, 0.2) is 24.3 Å². The molecule has 2 atom stereocenters. The van der Waals surface area contributed by atoms with Gasteiger partial charge in [-0.2, -0.15) is 0 Å². The van der Waals surface area contributed by atoms with Gasteiger partial charge in [0.25, 0.3) is 0 Å². The summed E-state index contributed by atoms with van der Waals surface area (Å²) in [6, 6.07) is 6.62. The molecular weight excluding hydrogens is 192 g/mol. The van der Waals surface area contributed by atoms with Gasteiger partial charge in [0.15, 0.2) is 11.6 Å². The molecule has 0 saturated heterocycles. The van der Waals surface area contributed by atoms with Crippen molar-refractivity contribution in [2.75, 3.05) is 0 Å². The molecule has 0 saturated carbocycles. The molecule has 1 aliphatic carbocycles. The number of carbonyl (C=O) groups excluding carboxylic acids is 2. The lowest BCUT2D eigenvalue weighted by Gasteiger charge is -2.33. The second-order valence-corrected chi connectivity index (χ2v) is 4.11. The Labute approximate surface area is 87.7 Å². The third-order valence-corrected chi connectivity index (χ3v) is 3.13. The molecule has 3 heteroatoms. The van der Waals surface area contributed by atoms with Crippen LogP contribution in [0.3, 0.4) is 0 Å². The van der Waals surface area contributed by atoms with E-state index >= 15 is 0 Å². The topological polar surface area (TPSA) is 54.4 Å². The van der Waals surface area contributed by atoms with Crippen LogP contribution < -0.4 is 0 Å². The molecule has 0 unspecified atom stereocenters. The lowest BCUT2D eigenvalue weighted by molar-refractivity contribution is 0.0115. The molecule has 0 radical (unpaired) electrons. The molecule has 78 valence electrons. The molecule has 2 rings (SSSR count). The van der Waals surface area contributed by atoms with E-state index in [1.165, 1.54) is 6.92 Å². The number of ketones is 2. The van der Waals surface area contributed by atoms with Gasteiger partial charge in [-0.1, -0.05) is 31.2 Å². The molecule has 0 spiro atoms. The Morgan fingerprint density at radius 1 is 1.20 bits per heavy atom. The van der Waals surface area contributed by atoms with E-state index in [2.05, 4.69) is 0 Å². The molecule has 0 aromatic heterocycles. The minimum Gasteiger partial charge on any atom is -0.381 e. The van der Waals surface area contributed by atoms with Crippen molar-refractivity contribution in [1.82, 2.24) is 0 Å². The zero-order valence-corrected chi connectivity index (χ0v) is 8.65. The Balaban J connectivity index is 2.68. The Morgan fingerprint density at radius 3 is 2.33 bits per heavy atom.